The largest absolute Gasteiger partial charge is 0.573 e. The normalized spacial score (nSPS) is 16.8. The third-order valence-electron chi connectivity index (χ3n) is 5.34. The lowest BCUT2D eigenvalue weighted by molar-refractivity contribution is -0.277. The van der Waals surface area contributed by atoms with E-state index in [1.807, 2.05) is 0 Å². The molecule has 1 aromatic carbocycles. The highest BCUT2D eigenvalue weighted by molar-refractivity contribution is 6.12. The van der Waals surface area contributed by atoms with Gasteiger partial charge in [-0.2, -0.15) is 36.8 Å². The van der Waals surface area contributed by atoms with Crippen molar-refractivity contribution in [3.8, 4) is 54.0 Å². The maximum Gasteiger partial charge on any atom is 0.573 e. The second kappa shape index (κ2) is 9.25. The predicted octanol–water partition coefficient (Wildman–Crippen LogP) is 4.77. The van der Waals surface area contributed by atoms with Crippen LogP contribution in [0.1, 0.15) is 28.2 Å². The summed E-state index contributed by atoms with van der Waals surface area (Å²) in [4.78, 5) is 0. The summed E-state index contributed by atoms with van der Waals surface area (Å²) >= 11 is 0. The smallest absolute Gasteiger partial charge is 0.405 e. The van der Waals surface area contributed by atoms with Gasteiger partial charge in [0.25, 0.3) is 0 Å². The number of hydrogen-bond acceptors (Lipinski definition) is 9. The molecule has 38 heavy (non-hydrogen) atoms. The molecular weight excluding hydrogens is 520 g/mol. The number of nitrogens with zero attached hydrogens (tertiary/aromatic N) is 7. The van der Waals surface area contributed by atoms with Crippen LogP contribution >= 0.6 is 0 Å². The van der Waals surface area contributed by atoms with Gasteiger partial charge in [-0.25, -0.2) is 0 Å². The van der Waals surface area contributed by atoms with Crippen molar-refractivity contribution >= 4 is 16.7 Å². The summed E-state index contributed by atoms with van der Waals surface area (Å²) in [5.41, 5.74) is -8.56. The number of allylic oxidation sites excluding steroid dienone is 6. The number of benzene rings is 1. The van der Waals surface area contributed by atoms with Crippen LogP contribution in [0.25, 0.3) is 16.7 Å². The van der Waals surface area contributed by atoms with Gasteiger partial charge < -0.3 is 9.47 Å². The molecule has 0 N–H and O–H groups in total. The van der Waals surface area contributed by atoms with E-state index in [2.05, 4.69) is 9.47 Å². The molecule has 2 aliphatic rings. The minimum absolute atomic E-state index is 0.467. The van der Waals surface area contributed by atoms with Crippen molar-refractivity contribution in [2.24, 2.45) is 5.92 Å². The van der Waals surface area contributed by atoms with Crippen molar-refractivity contribution in [3.63, 3.8) is 0 Å². The molecule has 0 bridgehead atoms. The minimum Gasteiger partial charge on any atom is -0.405 e. The Morgan fingerprint density at radius 1 is 0.658 bits per heavy atom. The second-order valence-electron chi connectivity index (χ2n) is 7.18. The summed E-state index contributed by atoms with van der Waals surface area (Å²) in [7, 11) is 0. The van der Waals surface area contributed by atoms with E-state index in [4.69, 9.17) is 0 Å². The first kappa shape index (κ1) is 26.7. The van der Waals surface area contributed by atoms with Crippen LogP contribution in [0.3, 0.4) is 0 Å². The van der Waals surface area contributed by atoms with Gasteiger partial charge in [0.2, 0.25) is 0 Å². The van der Waals surface area contributed by atoms with Gasteiger partial charge in [0.1, 0.15) is 35.6 Å². The Morgan fingerprint density at radius 2 is 1.18 bits per heavy atom. The minimum atomic E-state index is -5.60. The number of hydrogen-bond donors (Lipinski definition) is 0. The standard InChI is InChI=1S/C23H3F6N7O2/c24-22(25,26)37-20-17-12(6-34)11(5-33)10(1-2-30)16(17)21(38-23(27,28)29)19-15(9(3-31)4-32)13(7-35)14(8-36)18(19)20/h1,9,15H/b10-1-. The first-order valence-corrected chi connectivity index (χ1v) is 9.58. The maximum absolute atomic E-state index is 13.6. The summed E-state index contributed by atoms with van der Waals surface area (Å²) in [6.45, 7) is 0. The SMILES string of the molecule is N#C/C=C1/C(C#N)=C(C#N)c2c(OC(F)(F)F)c3c(c(OC(F)(F)F)c21)C(C(C#N)C#N)C(C#N)=C3C#N. The van der Waals surface area contributed by atoms with E-state index < -0.39 is 86.2 Å². The fourth-order valence-corrected chi connectivity index (χ4v) is 4.21. The molecular formula is C23H3F6N7O2. The molecule has 15 heteroatoms. The van der Waals surface area contributed by atoms with Crippen LogP contribution in [-0.4, -0.2) is 12.7 Å². The van der Waals surface area contributed by atoms with Crippen LogP contribution in [0, 0.1) is 85.2 Å². The van der Waals surface area contributed by atoms with E-state index in [1.54, 1.807) is 0 Å². The summed E-state index contributed by atoms with van der Waals surface area (Å²) in [5.74, 6) is -6.94. The van der Waals surface area contributed by atoms with Gasteiger partial charge in [-0.1, -0.05) is 0 Å². The third kappa shape index (κ3) is 4.06. The number of fused-ring (bicyclic) bond motifs is 2. The molecule has 9 nitrogen and oxygen atoms in total. The Morgan fingerprint density at radius 3 is 1.61 bits per heavy atom. The van der Waals surface area contributed by atoms with Gasteiger partial charge in [0, 0.05) is 33.9 Å². The molecule has 0 radical (unpaired) electrons. The molecule has 0 saturated carbocycles. The van der Waals surface area contributed by atoms with E-state index in [9.17, 15) is 63.2 Å². The highest BCUT2D eigenvalue weighted by atomic mass is 19.4. The van der Waals surface area contributed by atoms with Crippen molar-refractivity contribution in [3.05, 3.63) is 39.5 Å². The highest BCUT2D eigenvalue weighted by Crippen LogP contribution is 2.61. The number of halogens is 6. The highest BCUT2D eigenvalue weighted by Gasteiger charge is 2.50. The van der Waals surface area contributed by atoms with Crippen LogP contribution in [0.2, 0.25) is 0 Å². The van der Waals surface area contributed by atoms with E-state index in [0.29, 0.717) is 6.08 Å². The number of alkyl halides is 6. The van der Waals surface area contributed by atoms with Gasteiger partial charge >= 0.3 is 12.7 Å². The van der Waals surface area contributed by atoms with Gasteiger partial charge in [-0.3, -0.25) is 0 Å². The van der Waals surface area contributed by atoms with Crippen LogP contribution < -0.4 is 9.47 Å². The van der Waals surface area contributed by atoms with Crippen molar-refractivity contribution in [2.45, 2.75) is 18.6 Å². The summed E-state index contributed by atoms with van der Waals surface area (Å²) in [6, 6.07) is 9.85. The first-order chi connectivity index (χ1) is 17.8. The molecule has 0 spiro atoms. The van der Waals surface area contributed by atoms with Gasteiger partial charge in [0.15, 0.2) is 0 Å². The molecule has 1 unspecified atom stereocenters. The van der Waals surface area contributed by atoms with Crippen LogP contribution in [0.4, 0.5) is 26.3 Å². The Bertz CT molecular complexity index is 1670. The topological polar surface area (TPSA) is 185 Å². The zero-order valence-electron chi connectivity index (χ0n) is 17.9. The van der Waals surface area contributed by atoms with E-state index >= 15 is 0 Å². The van der Waals surface area contributed by atoms with E-state index in [1.165, 1.54) is 42.5 Å². The fraction of sp³-hybridized carbons (Fsp3) is 0.174. The van der Waals surface area contributed by atoms with E-state index in [-0.39, 0.29) is 0 Å². The molecule has 0 heterocycles. The second-order valence-corrected chi connectivity index (χ2v) is 7.18. The lowest BCUT2D eigenvalue weighted by Gasteiger charge is -2.25. The zero-order valence-corrected chi connectivity index (χ0v) is 17.9. The number of nitriles is 7. The number of rotatable bonds is 3. The Hall–Kier alpha value is -5.95. The average molecular weight is 523 g/mol. The van der Waals surface area contributed by atoms with Gasteiger partial charge in [-0.15, -0.1) is 26.3 Å². The van der Waals surface area contributed by atoms with Crippen molar-refractivity contribution in [1.82, 2.24) is 0 Å². The van der Waals surface area contributed by atoms with Gasteiger partial charge in [0.05, 0.1) is 52.5 Å². The number of ether oxygens (including phenoxy) is 2. The molecule has 0 aromatic heterocycles. The molecule has 2 aliphatic carbocycles. The summed E-state index contributed by atoms with van der Waals surface area (Å²) in [6.07, 6.45) is -10.7. The van der Waals surface area contributed by atoms with Gasteiger partial charge in [-0.05, 0) is 0 Å². The van der Waals surface area contributed by atoms with Crippen molar-refractivity contribution in [2.75, 3.05) is 0 Å². The third-order valence-corrected chi connectivity index (χ3v) is 5.34. The van der Waals surface area contributed by atoms with Crippen LogP contribution in [0.15, 0.2) is 17.2 Å². The van der Waals surface area contributed by atoms with Crippen molar-refractivity contribution < 1.29 is 35.8 Å². The Balaban J connectivity index is 2.79. The van der Waals surface area contributed by atoms with Crippen LogP contribution in [-0.2, 0) is 0 Å². The molecule has 0 fully saturated rings. The van der Waals surface area contributed by atoms with Crippen LogP contribution in [0.5, 0.6) is 11.5 Å². The summed E-state index contributed by atoms with van der Waals surface area (Å²) < 4.78 is 89.8. The zero-order chi connectivity index (χ0) is 28.6. The Kier molecular flexibility index (Phi) is 6.49. The molecule has 3 rings (SSSR count). The molecule has 1 aromatic rings. The lowest BCUT2D eigenvalue weighted by Crippen LogP contribution is -2.23. The molecule has 0 aliphatic heterocycles. The average Bonchev–Trinajstić information content (AvgIpc) is 3.33. The molecule has 0 saturated heterocycles. The lowest BCUT2D eigenvalue weighted by atomic mass is 9.82. The quantitative estimate of drug-likeness (QED) is 0.397. The molecule has 0 amide bonds. The van der Waals surface area contributed by atoms with Crippen molar-refractivity contribution in [1.29, 1.82) is 36.8 Å². The summed E-state index contributed by atoms with van der Waals surface area (Å²) in [5, 5.41) is 66.6. The van der Waals surface area contributed by atoms with E-state index in [0.717, 1.165) is 0 Å². The molecule has 1 atom stereocenters. The Labute approximate surface area is 208 Å². The predicted molar refractivity (Wildman–Crippen MR) is 107 cm³/mol. The monoisotopic (exact) mass is 523 g/mol. The molecule has 184 valence electrons. The fourth-order valence-electron chi connectivity index (χ4n) is 4.21. The maximum atomic E-state index is 13.6. The first-order valence-electron chi connectivity index (χ1n) is 9.58.